The van der Waals surface area contributed by atoms with Gasteiger partial charge < -0.3 is 11.1 Å². The summed E-state index contributed by atoms with van der Waals surface area (Å²) in [6, 6.07) is 2.09. The Bertz CT molecular complexity index is 565. The Morgan fingerprint density at radius 1 is 1.56 bits per heavy atom. The number of hydrogen-bond donors (Lipinski definition) is 2. The molecule has 2 aromatic rings. The molecule has 0 aromatic carbocycles. The van der Waals surface area contributed by atoms with Crippen molar-refractivity contribution in [2.75, 3.05) is 5.73 Å². The zero-order chi connectivity index (χ0) is 13.3. The van der Waals surface area contributed by atoms with Crippen LogP contribution in [0.3, 0.4) is 0 Å². The van der Waals surface area contributed by atoms with Gasteiger partial charge in [-0.2, -0.15) is 5.10 Å². The predicted octanol–water partition coefficient (Wildman–Crippen LogP) is 1.61. The third-order valence-corrected chi connectivity index (χ3v) is 3.86. The number of nitrogens with one attached hydrogen (secondary N) is 1. The molecule has 0 aliphatic carbocycles. The van der Waals surface area contributed by atoms with Crippen LogP contribution in [0, 0.1) is 13.8 Å². The molecule has 0 bridgehead atoms. The average Bonchev–Trinajstić information content (AvgIpc) is 2.79. The fourth-order valence-electron chi connectivity index (χ4n) is 1.67. The molecule has 0 saturated carbocycles. The highest BCUT2D eigenvalue weighted by Crippen LogP contribution is 2.20. The quantitative estimate of drug-likeness (QED) is 0.884. The molecular weight excluding hydrogens is 248 g/mol. The number of carbonyl (C=O) groups is 1. The molecular formula is C12H16N4OS. The first-order valence-electron chi connectivity index (χ1n) is 5.60. The molecule has 5 nitrogen and oxygen atoms in total. The molecule has 6 heteroatoms. The Balaban J connectivity index is 2.02. The standard InChI is InChI=1S/C12H16N4OS/c1-7-4-9(18-8(7)2)5-14-12(17)11-10(13)6-16(3)15-11/h4,6H,5,13H2,1-3H3,(H,14,17). The highest BCUT2D eigenvalue weighted by atomic mass is 32.1. The van der Waals surface area contributed by atoms with Gasteiger partial charge in [0.15, 0.2) is 5.69 Å². The lowest BCUT2D eigenvalue weighted by Gasteiger charge is -2.01. The molecule has 2 aromatic heterocycles. The van der Waals surface area contributed by atoms with Crippen molar-refractivity contribution in [3.8, 4) is 0 Å². The molecule has 2 rings (SSSR count). The molecule has 0 atom stereocenters. The van der Waals surface area contributed by atoms with E-state index < -0.39 is 0 Å². The van der Waals surface area contributed by atoms with Gasteiger partial charge in [-0.15, -0.1) is 11.3 Å². The van der Waals surface area contributed by atoms with Crippen molar-refractivity contribution in [2.24, 2.45) is 7.05 Å². The van der Waals surface area contributed by atoms with Crippen molar-refractivity contribution in [1.29, 1.82) is 0 Å². The smallest absolute Gasteiger partial charge is 0.274 e. The molecule has 0 aliphatic rings. The summed E-state index contributed by atoms with van der Waals surface area (Å²) in [6.07, 6.45) is 1.62. The van der Waals surface area contributed by atoms with E-state index in [1.807, 2.05) is 0 Å². The lowest BCUT2D eigenvalue weighted by molar-refractivity contribution is 0.0946. The van der Waals surface area contributed by atoms with E-state index in [0.29, 0.717) is 12.2 Å². The molecule has 96 valence electrons. The molecule has 0 radical (unpaired) electrons. The van der Waals surface area contributed by atoms with Gasteiger partial charge in [0.1, 0.15) is 0 Å². The molecule has 0 unspecified atom stereocenters. The molecule has 1 amide bonds. The predicted molar refractivity (Wildman–Crippen MR) is 72.6 cm³/mol. The van der Waals surface area contributed by atoms with Gasteiger partial charge in [0.05, 0.1) is 12.2 Å². The number of aryl methyl sites for hydroxylation is 3. The van der Waals surface area contributed by atoms with E-state index in [2.05, 4.69) is 30.3 Å². The first-order chi connectivity index (χ1) is 8.47. The van der Waals surface area contributed by atoms with Crippen LogP contribution in [0.1, 0.15) is 25.8 Å². The van der Waals surface area contributed by atoms with Crippen molar-refractivity contribution >= 4 is 22.9 Å². The lowest BCUT2D eigenvalue weighted by Crippen LogP contribution is -2.23. The Morgan fingerprint density at radius 3 is 2.78 bits per heavy atom. The third kappa shape index (κ3) is 2.53. The SMILES string of the molecule is Cc1cc(CNC(=O)c2nn(C)cc2N)sc1C. The largest absolute Gasteiger partial charge is 0.396 e. The number of amides is 1. The minimum atomic E-state index is -0.239. The van der Waals surface area contributed by atoms with E-state index in [9.17, 15) is 4.79 Å². The van der Waals surface area contributed by atoms with Gasteiger partial charge in [0, 0.05) is 23.0 Å². The van der Waals surface area contributed by atoms with Crippen LogP contribution in [0.25, 0.3) is 0 Å². The Hall–Kier alpha value is -1.82. The molecule has 0 spiro atoms. The van der Waals surface area contributed by atoms with Crippen LogP contribution in [0.2, 0.25) is 0 Å². The summed E-state index contributed by atoms with van der Waals surface area (Å²) < 4.78 is 1.53. The molecule has 2 heterocycles. The second-order valence-corrected chi connectivity index (χ2v) is 5.58. The van der Waals surface area contributed by atoms with Crippen LogP contribution in [0.5, 0.6) is 0 Å². The number of hydrogen-bond acceptors (Lipinski definition) is 4. The minimum absolute atomic E-state index is 0.239. The fourth-order valence-corrected chi connectivity index (χ4v) is 2.66. The summed E-state index contributed by atoms with van der Waals surface area (Å²) in [6.45, 7) is 4.64. The van der Waals surface area contributed by atoms with Crippen LogP contribution in [0.15, 0.2) is 12.3 Å². The van der Waals surface area contributed by atoms with Crippen molar-refractivity contribution in [1.82, 2.24) is 15.1 Å². The van der Waals surface area contributed by atoms with Gasteiger partial charge in [-0.05, 0) is 25.5 Å². The second-order valence-electron chi connectivity index (χ2n) is 4.24. The highest BCUT2D eigenvalue weighted by Gasteiger charge is 2.13. The summed E-state index contributed by atoms with van der Waals surface area (Å²) in [4.78, 5) is 14.3. The number of anilines is 1. The molecule has 3 N–H and O–H groups in total. The Kier molecular flexibility index (Phi) is 3.38. The van der Waals surface area contributed by atoms with Crippen LogP contribution < -0.4 is 11.1 Å². The van der Waals surface area contributed by atoms with Crippen molar-refractivity contribution in [3.63, 3.8) is 0 Å². The van der Waals surface area contributed by atoms with Crippen molar-refractivity contribution < 1.29 is 4.79 Å². The van der Waals surface area contributed by atoms with E-state index in [-0.39, 0.29) is 11.6 Å². The van der Waals surface area contributed by atoms with Gasteiger partial charge in [0.2, 0.25) is 0 Å². The molecule has 0 fully saturated rings. The maximum absolute atomic E-state index is 11.9. The maximum atomic E-state index is 11.9. The summed E-state index contributed by atoms with van der Waals surface area (Å²) in [5.74, 6) is -0.239. The normalized spacial score (nSPS) is 10.6. The number of nitrogens with zero attached hydrogens (tertiary/aromatic N) is 2. The number of rotatable bonds is 3. The summed E-state index contributed by atoms with van der Waals surface area (Å²) in [5.41, 5.74) is 7.63. The zero-order valence-electron chi connectivity index (χ0n) is 10.7. The average molecular weight is 264 g/mol. The van der Waals surface area contributed by atoms with Crippen molar-refractivity contribution in [3.05, 3.63) is 33.3 Å². The van der Waals surface area contributed by atoms with Gasteiger partial charge in [-0.25, -0.2) is 0 Å². The van der Waals surface area contributed by atoms with Crippen LogP contribution in [-0.4, -0.2) is 15.7 Å². The van der Waals surface area contributed by atoms with Crippen LogP contribution in [0.4, 0.5) is 5.69 Å². The molecule has 0 saturated heterocycles. The van der Waals surface area contributed by atoms with Gasteiger partial charge in [-0.1, -0.05) is 0 Å². The first-order valence-corrected chi connectivity index (χ1v) is 6.42. The Morgan fingerprint density at radius 2 is 2.28 bits per heavy atom. The summed E-state index contributed by atoms with van der Waals surface area (Å²) >= 11 is 1.69. The van der Waals surface area contributed by atoms with E-state index in [4.69, 9.17) is 5.73 Å². The maximum Gasteiger partial charge on any atom is 0.274 e. The zero-order valence-corrected chi connectivity index (χ0v) is 11.5. The first kappa shape index (κ1) is 12.6. The van der Waals surface area contributed by atoms with E-state index in [1.54, 1.807) is 24.6 Å². The summed E-state index contributed by atoms with van der Waals surface area (Å²) in [5, 5.41) is 6.85. The van der Waals surface area contributed by atoms with E-state index in [1.165, 1.54) is 15.1 Å². The van der Waals surface area contributed by atoms with E-state index >= 15 is 0 Å². The number of carbonyl (C=O) groups excluding carboxylic acids is 1. The second kappa shape index (κ2) is 4.81. The number of aromatic nitrogens is 2. The van der Waals surface area contributed by atoms with Gasteiger partial charge in [-0.3, -0.25) is 9.48 Å². The minimum Gasteiger partial charge on any atom is -0.396 e. The van der Waals surface area contributed by atoms with Gasteiger partial charge in [0.25, 0.3) is 5.91 Å². The van der Waals surface area contributed by atoms with Gasteiger partial charge >= 0.3 is 0 Å². The fraction of sp³-hybridized carbons (Fsp3) is 0.333. The van der Waals surface area contributed by atoms with E-state index in [0.717, 1.165) is 4.88 Å². The summed E-state index contributed by atoms with van der Waals surface area (Å²) in [7, 11) is 1.74. The number of thiophene rings is 1. The number of nitrogens with two attached hydrogens (primary N) is 1. The lowest BCUT2D eigenvalue weighted by atomic mass is 10.3. The van der Waals surface area contributed by atoms with Crippen LogP contribution >= 0.6 is 11.3 Å². The molecule has 0 aliphatic heterocycles. The Labute approximate surface area is 110 Å². The monoisotopic (exact) mass is 264 g/mol. The van der Waals surface area contributed by atoms with Crippen LogP contribution in [-0.2, 0) is 13.6 Å². The molecule has 18 heavy (non-hydrogen) atoms. The topological polar surface area (TPSA) is 72.9 Å². The highest BCUT2D eigenvalue weighted by molar-refractivity contribution is 7.12. The van der Waals surface area contributed by atoms with Crippen molar-refractivity contribution in [2.45, 2.75) is 20.4 Å². The third-order valence-electron chi connectivity index (χ3n) is 2.71. The number of nitrogen functional groups attached to an aromatic ring is 1.